The monoisotopic (exact) mass is 376 g/mol. The molecule has 0 bridgehead atoms. The number of hydrogen-bond donors (Lipinski definition) is 2. The number of carboxylic acid groups (broad SMARTS) is 1. The number of hydrogen-bond acceptors (Lipinski definition) is 2. The van der Waals surface area contributed by atoms with Crippen LogP contribution in [0.15, 0.2) is 30.3 Å². The van der Waals surface area contributed by atoms with E-state index in [9.17, 15) is 15.0 Å². The molecule has 1 aromatic carbocycles. The Morgan fingerprint density at radius 1 is 0.778 bits per heavy atom. The lowest BCUT2D eigenvalue weighted by Gasteiger charge is -2.13. The maximum absolute atomic E-state index is 11.5. The van der Waals surface area contributed by atoms with Gasteiger partial charge in [-0.2, -0.15) is 0 Å². The van der Waals surface area contributed by atoms with Crippen molar-refractivity contribution in [3.63, 3.8) is 0 Å². The Morgan fingerprint density at radius 3 is 1.78 bits per heavy atom. The predicted octanol–water partition coefficient (Wildman–Crippen LogP) is 6.70. The smallest absolute Gasteiger partial charge is 0.310 e. The topological polar surface area (TPSA) is 57.5 Å². The average molecular weight is 377 g/mol. The Hall–Kier alpha value is -1.35. The third kappa shape index (κ3) is 11.9. The van der Waals surface area contributed by atoms with E-state index in [1.165, 1.54) is 38.5 Å². The highest BCUT2D eigenvalue weighted by molar-refractivity contribution is 5.75. The minimum Gasteiger partial charge on any atom is -0.481 e. The molecule has 2 N–H and O–H groups in total. The summed E-state index contributed by atoms with van der Waals surface area (Å²) in [6.45, 7) is 2.24. The predicted molar refractivity (Wildman–Crippen MR) is 113 cm³/mol. The molecular formula is C24H40O3. The van der Waals surface area contributed by atoms with Crippen LogP contribution in [-0.4, -0.2) is 22.3 Å². The maximum Gasteiger partial charge on any atom is 0.310 e. The highest BCUT2D eigenvalue weighted by Gasteiger charge is 2.18. The minimum absolute atomic E-state index is 0.156. The lowest BCUT2D eigenvalue weighted by Crippen LogP contribution is -2.11. The van der Waals surface area contributed by atoms with Crippen LogP contribution in [0, 0.1) is 0 Å². The van der Waals surface area contributed by atoms with Gasteiger partial charge in [0, 0.05) is 0 Å². The molecule has 3 nitrogen and oxygen atoms in total. The molecule has 0 amide bonds. The molecule has 1 aromatic rings. The summed E-state index contributed by atoms with van der Waals surface area (Å²) in [5, 5.41) is 19.5. The van der Waals surface area contributed by atoms with Gasteiger partial charge in [0.1, 0.15) is 0 Å². The normalized spacial score (nSPS) is 13.4. The van der Waals surface area contributed by atoms with Gasteiger partial charge in [-0.05, 0) is 24.8 Å². The molecule has 1 rings (SSSR count). The summed E-state index contributed by atoms with van der Waals surface area (Å²) in [4.78, 5) is 11.5. The SMILES string of the molecule is CCCCCCCCCC(O)CCCCCCC(C(=O)O)c1ccccc1. The fourth-order valence-corrected chi connectivity index (χ4v) is 3.68. The van der Waals surface area contributed by atoms with Crippen molar-refractivity contribution in [2.75, 3.05) is 0 Å². The molecule has 0 spiro atoms. The molecule has 0 aliphatic heterocycles. The van der Waals surface area contributed by atoms with Gasteiger partial charge in [0.05, 0.1) is 12.0 Å². The highest BCUT2D eigenvalue weighted by Crippen LogP contribution is 2.23. The summed E-state index contributed by atoms with van der Waals surface area (Å²) < 4.78 is 0. The third-order valence-electron chi connectivity index (χ3n) is 5.42. The molecule has 27 heavy (non-hydrogen) atoms. The Labute approximate surface area is 166 Å². The fraction of sp³-hybridized carbons (Fsp3) is 0.708. The van der Waals surface area contributed by atoms with Gasteiger partial charge >= 0.3 is 5.97 Å². The van der Waals surface area contributed by atoms with E-state index >= 15 is 0 Å². The number of benzene rings is 1. The van der Waals surface area contributed by atoms with Crippen molar-refractivity contribution < 1.29 is 15.0 Å². The fourth-order valence-electron chi connectivity index (χ4n) is 3.68. The Bertz CT molecular complexity index is 472. The number of carboxylic acids is 1. The lowest BCUT2D eigenvalue weighted by molar-refractivity contribution is -0.139. The molecule has 0 aliphatic rings. The summed E-state index contributed by atoms with van der Waals surface area (Å²) >= 11 is 0. The van der Waals surface area contributed by atoms with Crippen LogP contribution in [0.4, 0.5) is 0 Å². The van der Waals surface area contributed by atoms with Crippen LogP contribution in [0.3, 0.4) is 0 Å². The summed E-state index contributed by atoms with van der Waals surface area (Å²) in [5.74, 6) is -1.12. The van der Waals surface area contributed by atoms with Crippen molar-refractivity contribution in [1.82, 2.24) is 0 Å². The van der Waals surface area contributed by atoms with Crippen LogP contribution in [0.25, 0.3) is 0 Å². The van der Waals surface area contributed by atoms with Crippen LogP contribution < -0.4 is 0 Å². The zero-order chi connectivity index (χ0) is 19.7. The van der Waals surface area contributed by atoms with Crippen molar-refractivity contribution in [2.45, 2.75) is 109 Å². The molecule has 0 radical (unpaired) electrons. The van der Waals surface area contributed by atoms with Gasteiger partial charge in [0.15, 0.2) is 0 Å². The van der Waals surface area contributed by atoms with Gasteiger partial charge in [-0.25, -0.2) is 0 Å². The highest BCUT2D eigenvalue weighted by atomic mass is 16.4. The Morgan fingerprint density at radius 2 is 1.26 bits per heavy atom. The maximum atomic E-state index is 11.5. The van der Waals surface area contributed by atoms with Crippen molar-refractivity contribution >= 4 is 5.97 Å². The van der Waals surface area contributed by atoms with Crippen molar-refractivity contribution in [3.05, 3.63) is 35.9 Å². The summed E-state index contributed by atoms with van der Waals surface area (Å²) in [7, 11) is 0. The molecule has 3 heteroatoms. The lowest BCUT2D eigenvalue weighted by atomic mass is 9.93. The van der Waals surface area contributed by atoms with E-state index in [2.05, 4.69) is 6.92 Å². The number of rotatable bonds is 17. The minimum atomic E-state index is -0.730. The molecule has 154 valence electrons. The summed E-state index contributed by atoms with van der Waals surface area (Å²) in [5.41, 5.74) is 0.898. The zero-order valence-electron chi connectivity index (χ0n) is 17.2. The van der Waals surface area contributed by atoms with Crippen molar-refractivity contribution in [3.8, 4) is 0 Å². The van der Waals surface area contributed by atoms with Crippen LogP contribution >= 0.6 is 0 Å². The zero-order valence-corrected chi connectivity index (χ0v) is 17.2. The molecular weight excluding hydrogens is 336 g/mol. The van der Waals surface area contributed by atoms with Crippen molar-refractivity contribution in [2.24, 2.45) is 0 Å². The number of carbonyl (C=O) groups is 1. The molecule has 0 saturated heterocycles. The van der Waals surface area contributed by atoms with Gasteiger partial charge in [-0.1, -0.05) is 108 Å². The number of unbranched alkanes of at least 4 members (excludes halogenated alkanes) is 9. The molecule has 0 fully saturated rings. The first-order valence-electron chi connectivity index (χ1n) is 11.1. The molecule has 0 saturated carbocycles. The molecule has 0 heterocycles. The Kier molecular flexibility index (Phi) is 13.8. The number of aliphatic carboxylic acids is 1. The van der Waals surface area contributed by atoms with Gasteiger partial charge < -0.3 is 10.2 Å². The van der Waals surface area contributed by atoms with Gasteiger partial charge in [0.2, 0.25) is 0 Å². The third-order valence-corrected chi connectivity index (χ3v) is 5.42. The van der Waals surface area contributed by atoms with E-state index in [1.807, 2.05) is 30.3 Å². The van der Waals surface area contributed by atoms with Gasteiger partial charge in [-0.15, -0.1) is 0 Å². The van der Waals surface area contributed by atoms with Crippen LogP contribution in [0.1, 0.15) is 108 Å². The largest absolute Gasteiger partial charge is 0.481 e. The van der Waals surface area contributed by atoms with E-state index in [0.29, 0.717) is 6.42 Å². The van der Waals surface area contributed by atoms with Gasteiger partial charge in [0.25, 0.3) is 0 Å². The second kappa shape index (κ2) is 15.7. The quantitative estimate of drug-likeness (QED) is 0.297. The average Bonchev–Trinajstić information content (AvgIpc) is 2.67. The van der Waals surface area contributed by atoms with E-state index in [1.54, 1.807) is 0 Å². The van der Waals surface area contributed by atoms with E-state index in [-0.39, 0.29) is 6.10 Å². The van der Waals surface area contributed by atoms with Gasteiger partial charge in [-0.3, -0.25) is 4.79 Å². The first kappa shape index (κ1) is 23.7. The second-order valence-corrected chi connectivity index (χ2v) is 7.86. The standard InChI is InChI=1S/C24H40O3/c1-2-3-4-5-6-7-13-18-22(25)19-14-8-9-15-20-23(24(26)27)21-16-11-10-12-17-21/h10-12,16-17,22-23,25H,2-9,13-15,18-20H2,1H3,(H,26,27). The van der Waals surface area contributed by atoms with E-state index in [0.717, 1.165) is 50.5 Å². The molecule has 2 unspecified atom stereocenters. The van der Waals surface area contributed by atoms with E-state index in [4.69, 9.17) is 0 Å². The van der Waals surface area contributed by atoms with Crippen LogP contribution in [0.2, 0.25) is 0 Å². The first-order chi connectivity index (χ1) is 13.1. The number of aliphatic hydroxyl groups is 1. The number of aliphatic hydroxyl groups excluding tert-OH is 1. The summed E-state index contributed by atoms with van der Waals surface area (Å²) in [6, 6.07) is 9.52. The first-order valence-corrected chi connectivity index (χ1v) is 11.1. The second-order valence-electron chi connectivity index (χ2n) is 7.86. The van der Waals surface area contributed by atoms with Crippen LogP contribution in [0.5, 0.6) is 0 Å². The molecule has 2 atom stereocenters. The van der Waals surface area contributed by atoms with E-state index < -0.39 is 11.9 Å². The molecule has 0 aliphatic carbocycles. The Balaban J connectivity index is 2.02. The summed E-state index contributed by atoms with van der Waals surface area (Å²) in [6.07, 6.45) is 15.5. The van der Waals surface area contributed by atoms with Crippen LogP contribution in [-0.2, 0) is 4.79 Å². The molecule has 0 aromatic heterocycles. The van der Waals surface area contributed by atoms with Crippen molar-refractivity contribution in [1.29, 1.82) is 0 Å².